The maximum atomic E-state index is 11.5. The molecule has 118 valence electrons. The summed E-state index contributed by atoms with van der Waals surface area (Å²) in [5, 5.41) is 12.7. The Morgan fingerprint density at radius 1 is 1.09 bits per heavy atom. The van der Waals surface area contributed by atoms with Crippen molar-refractivity contribution < 1.29 is 9.68 Å². The molecule has 0 saturated heterocycles. The third-order valence-corrected chi connectivity index (χ3v) is 5.88. The largest absolute Gasteiger partial charge is 0.346 e. The summed E-state index contributed by atoms with van der Waals surface area (Å²) < 4.78 is 2.18. The average molecular weight is 325 g/mol. The van der Waals surface area contributed by atoms with Crippen molar-refractivity contribution in [3.8, 4) is 0 Å². The summed E-state index contributed by atoms with van der Waals surface area (Å²) in [4.78, 5) is 2.28. The second-order valence-electron chi connectivity index (χ2n) is 6.19. The summed E-state index contributed by atoms with van der Waals surface area (Å²) in [5.41, 5.74) is 2.44. The van der Waals surface area contributed by atoms with Crippen LogP contribution < -0.4 is 4.90 Å². The molecule has 0 unspecified atom stereocenters. The van der Waals surface area contributed by atoms with Gasteiger partial charge in [-0.1, -0.05) is 48.5 Å². The van der Waals surface area contributed by atoms with Crippen LogP contribution in [0, 0.1) is 6.92 Å². The van der Waals surface area contributed by atoms with E-state index in [1.807, 2.05) is 42.1 Å². The maximum absolute atomic E-state index is 11.5. The van der Waals surface area contributed by atoms with Gasteiger partial charge >= 0.3 is 5.17 Å². The predicted octanol–water partition coefficient (Wildman–Crippen LogP) is 3.17. The van der Waals surface area contributed by atoms with Crippen molar-refractivity contribution in [2.75, 3.05) is 23.7 Å². The van der Waals surface area contributed by atoms with E-state index in [-0.39, 0.29) is 0 Å². The highest BCUT2D eigenvalue weighted by atomic mass is 32.2. The Kier molecular flexibility index (Phi) is 3.66. The molecule has 0 aromatic heterocycles. The van der Waals surface area contributed by atoms with Crippen LogP contribution in [0.1, 0.15) is 17.5 Å². The Morgan fingerprint density at radius 3 is 2.61 bits per heavy atom. The van der Waals surface area contributed by atoms with Gasteiger partial charge in [-0.05, 0) is 36.7 Å². The topological polar surface area (TPSA) is 26.5 Å². The Labute approximate surface area is 141 Å². The van der Waals surface area contributed by atoms with Gasteiger partial charge in [-0.2, -0.15) is 0 Å². The summed E-state index contributed by atoms with van der Waals surface area (Å²) in [5.74, 6) is 1.11. The van der Waals surface area contributed by atoms with Crippen LogP contribution in [0.25, 0.3) is 0 Å². The van der Waals surface area contributed by atoms with Crippen LogP contribution in [0.2, 0.25) is 0 Å². The molecule has 4 rings (SSSR count). The molecule has 23 heavy (non-hydrogen) atoms. The smallest absolute Gasteiger partial charge is 0.316 e. The summed E-state index contributed by atoms with van der Waals surface area (Å²) in [6.45, 7) is 3.61. The molecule has 0 spiro atoms. The molecular formula is C19H21N2OS+. The maximum Gasteiger partial charge on any atom is 0.316 e. The fraction of sp³-hybridized carbons (Fsp3) is 0.316. The molecule has 0 amide bonds. The predicted molar refractivity (Wildman–Crippen MR) is 96.1 cm³/mol. The van der Waals surface area contributed by atoms with E-state index >= 15 is 0 Å². The Morgan fingerprint density at radius 2 is 1.83 bits per heavy atom. The summed E-state index contributed by atoms with van der Waals surface area (Å²) >= 11 is 1.85. The van der Waals surface area contributed by atoms with Crippen LogP contribution in [-0.2, 0) is 5.72 Å². The number of benzene rings is 2. The van der Waals surface area contributed by atoms with Crippen LogP contribution in [-0.4, -0.2) is 33.7 Å². The van der Waals surface area contributed by atoms with Gasteiger partial charge in [0.15, 0.2) is 6.54 Å². The minimum absolute atomic E-state index is 0.574. The first kappa shape index (κ1) is 14.8. The first-order valence-corrected chi connectivity index (χ1v) is 9.07. The van der Waals surface area contributed by atoms with Crippen LogP contribution in [0.3, 0.4) is 0 Å². The molecular weight excluding hydrogens is 304 g/mol. The van der Waals surface area contributed by atoms with Gasteiger partial charge in [-0.25, -0.2) is 9.48 Å². The van der Waals surface area contributed by atoms with E-state index in [2.05, 4.69) is 40.7 Å². The zero-order chi connectivity index (χ0) is 15.9. The fourth-order valence-corrected chi connectivity index (χ4v) is 4.68. The number of para-hydroxylation sites is 1. The number of amidine groups is 1. The van der Waals surface area contributed by atoms with Gasteiger partial charge in [0.2, 0.25) is 0 Å². The van der Waals surface area contributed by atoms with E-state index in [1.54, 1.807) is 0 Å². The SMILES string of the molecule is Cc1ccccc1N1C[C@](O)(c2ccccc2)[N+]2=C1SCCC2. The molecule has 1 atom stereocenters. The monoisotopic (exact) mass is 325 g/mol. The quantitative estimate of drug-likeness (QED) is 0.859. The van der Waals surface area contributed by atoms with Gasteiger partial charge in [0, 0.05) is 11.3 Å². The minimum atomic E-state index is -0.952. The normalized spacial score (nSPS) is 24.0. The zero-order valence-electron chi connectivity index (χ0n) is 13.3. The second-order valence-corrected chi connectivity index (χ2v) is 7.25. The molecule has 4 heteroatoms. The summed E-state index contributed by atoms with van der Waals surface area (Å²) in [6, 6.07) is 18.5. The lowest BCUT2D eigenvalue weighted by molar-refractivity contribution is -0.656. The van der Waals surface area contributed by atoms with Gasteiger partial charge in [-0.3, -0.25) is 0 Å². The lowest BCUT2D eigenvalue weighted by Crippen LogP contribution is -2.41. The van der Waals surface area contributed by atoms with Crippen LogP contribution in [0.15, 0.2) is 54.6 Å². The highest BCUT2D eigenvalue weighted by Gasteiger charge is 2.53. The first-order chi connectivity index (χ1) is 11.2. The van der Waals surface area contributed by atoms with Gasteiger partial charge in [0.05, 0.1) is 6.54 Å². The molecule has 2 aliphatic rings. The van der Waals surface area contributed by atoms with E-state index in [0.29, 0.717) is 6.54 Å². The molecule has 2 aliphatic heterocycles. The number of aliphatic hydroxyl groups is 1. The Balaban J connectivity index is 1.83. The lowest BCUT2D eigenvalue weighted by atomic mass is 10.0. The molecule has 0 saturated carbocycles. The molecule has 0 bridgehead atoms. The fourth-order valence-electron chi connectivity index (χ4n) is 3.51. The standard InChI is InChI=1S/C19H21N2OS/c1-15-8-5-6-11-17(15)20-14-19(22,16-9-3-2-4-10-16)21-12-7-13-23-18(20)21/h2-6,8-11,22H,7,12-14H2,1H3/q+1/t19-/m0/s1. The highest BCUT2D eigenvalue weighted by Crippen LogP contribution is 2.38. The average Bonchev–Trinajstić information content (AvgIpc) is 2.91. The summed E-state index contributed by atoms with van der Waals surface area (Å²) in [7, 11) is 0. The molecule has 1 N–H and O–H groups in total. The van der Waals surface area contributed by atoms with Crippen molar-refractivity contribution in [3.63, 3.8) is 0 Å². The van der Waals surface area contributed by atoms with E-state index < -0.39 is 5.72 Å². The van der Waals surface area contributed by atoms with E-state index in [1.165, 1.54) is 16.4 Å². The zero-order valence-corrected chi connectivity index (χ0v) is 14.1. The van der Waals surface area contributed by atoms with Gasteiger partial charge in [0.25, 0.3) is 5.72 Å². The number of rotatable bonds is 2. The number of hydrogen-bond acceptors (Lipinski definition) is 3. The van der Waals surface area contributed by atoms with Crippen molar-refractivity contribution in [2.45, 2.75) is 19.1 Å². The number of nitrogens with zero attached hydrogens (tertiary/aromatic N) is 2. The Bertz CT molecular complexity index is 759. The number of hydrogen-bond donors (Lipinski definition) is 1. The van der Waals surface area contributed by atoms with Crippen LogP contribution in [0.5, 0.6) is 0 Å². The van der Waals surface area contributed by atoms with Crippen molar-refractivity contribution in [3.05, 3.63) is 65.7 Å². The van der Waals surface area contributed by atoms with Gasteiger partial charge in [-0.15, -0.1) is 0 Å². The van der Waals surface area contributed by atoms with Crippen molar-refractivity contribution >= 4 is 22.6 Å². The molecule has 2 heterocycles. The third kappa shape index (κ3) is 2.37. The first-order valence-electron chi connectivity index (χ1n) is 8.08. The van der Waals surface area contributed by atoms with Crippen molar-refractivity contribution in [2.24, 2.45) is 0 Å². The van der Waals surface area contributed by atoms with E-state index in [4.69, 9.17) is 0 Å². The number of anilines is 1. The van der Waals surface area contributed by atoms with Gasteiger partial charge < -0.3 is 5.11 Å². The number of thioether (sulfide) groups is 1. The van der Waals surface area contributed by atoms with Crippen LogP contribution >= 0.6 is 11.8 Å². The highest BCUT2D eigenvalue weighted by molar-refractivity contribution is 8.13. The molecule has 2 aromatic carbocycles. The van der Waals surface area contributed by atoms with Crippen LogP contribution in [0.4, 0.5) is 5.69 Å². The number of β-amino-alcohol motifs (C(OH)–C–C–N with tert-alkyl or cyclic N) is 1. The Hall–Kier alpha value is -1.78. The van der Waals surface area contributed by atoms with Gasteiger partial charge in [0.1, 0.15) is 5.69 Å². The summed E-state index contributed by atoms with van der Waals surface area (Å²) in [6.07, 6.45) is 1.10. The van der Waals surface area contributed by atoms with Crippen molar-refractivity contribution in [1.82, 2.24) is 0 Å². The molecule has 0 fully saturated rings. The number of aryl methyl sites for hydroxylation is 1. The molecule has 3 nitrogen and oxygen atoms in total. The molecule has 2 aromatic rings. The molecule has 0 radical (unpaired) electrons. The minimum Gasteiger partial charge on any atom is -0.346 e. The lowest BCUT2D eigenvalue weighted by Gasteiger charge is -2.24. The van der Waals surface area contributed by atoms with E-state index in [0.717, 1.165) is 24.3 Å². The third-order valence-electron chi connectivity index (χ3n) is 4.69. The van der Waals surface area contributed by atoms with Crippen molar-refractivity contribution in [1.29, 1.82) is 0 Å². The molecule has 0 aliphatic carbocycles. The second kappa shape index (κ2) is 5.69. The van der Waals surface area contributed by atoms with E-state index in [9.17, 15) is 5.11 Å².